The Morgan fingerprint density at radius 2 is 1.94 bits per heavy atom. The molecule has 8 nitrogen and oxygen atoms in total. The van der Waals surface area contributed by atoms with E-state index in [4.69, 9.17) is 18.9 Å². The smallest absolute Gasteiger partial charge is 0.291 e. The summed E-state index contributed by atoms with van der Waals surface area (Å²) in [5, 5.41) is 4.41. The summed E-state index contributed by atoms with van der Waals surface area (Å²) in [7, 11) is 1.62. The molecule has 1 aliphatic heterocycles. The average Bonchev–Trinajstić information content (AvgIpc) is 3.45. The summed E-state index contributed by atoms with van der Waals surface area (Å²) in [6, 6.07) is 13.1. The lowest BCUT2D eigenvalue weighted by molar-refractivity contribution is 0.0852. The van der Waals surface area contributed by atoms with Crippen LogP contribution in [0.1, 0.15) is 56.5 Å². The lowest BCUT2D eigenvalue weighted by Gasteiger charge is -2.24. The van der Waals surface area contributed by atoms with E-state index in [1.165, 1.54) is 35.1 Å². The monoisotopic (exact) mass is 507 g/mol. The topological polar surface area (TPSA) is 84.2 Å². The number of hydrogen-bond acceptors (Lipinski definition) is 8. The van der Waals surface area contributed by atoms with E-state index in [0.29, 0.717) is 44.9 Å². The zero-order valence-corrected chi connectivity index (χ0v) is 21.3. The largest absolute Gasteiger partial charge is 0.493 e. The molecule has 0 amide bonds. The molecule has 4 aromatic rings. The van der Waals surface area contributed by atoms with Crippen molar-refractivity contribution in [3.63, 3.8) is 0 Å². The number of methoxy groups -OCH3 is 1. The minimum atomic E-state index is -0.470. The van der Waals surface area contributed by atoms with Gasteiger partial charge in [-0.05, 0) is 42.3 Å². The normalized spacial score (nSPS) is 15.4. The minimum absolute atomic E-state index is 0.225. The van der Waals surface area contributed by atoms with Gasteiger partial charge < -0.3 is 18.9 Å². The molecule has 0 unspecified atom stereocenters. The Balaban J connectivity index is 1.31. The minimum Gasteiger partial charge on any atom is -0.493 e. The van der Waals surface area contributed by atoms with Crippen molar-refractivity contribution in [1.82, 2.24) is 14.6 Å². The summed E-state index contributed by atoms with van der Waals surface area (Å²) < 4.78 is 25.0. The number of ether oxygens (including phenoxy) is 4. The molecule has 0 fully saturated rings. The fourth-order valence-electron chi connectivity index (χ4n) is 4.06. The number of thiazole rings is 1. The molecule has 9 heteroatoms. The molecule has 0 N–H and O–H groups in total. The van der Waals surface area contributed by atoms with Gasteiger partial charge in [-0.25, -0.2) is 0 Å². The average molecular weight is 508 g/mol. The molecule has 1 atom stereocenters. The highest BCUT2D eigenvalue weighted by Gasteiger charge is 2.27. The molecule has 0 radical (unpaired) electrons. The van der Waals surface area contributed by atoms with Crippen molar-refractivity contribution >= 4 is 22.4 Å². The lowest BCUT2D eigenvalue weighted by atomic mass is 10.1. The molecule has 0 saturated carbocycles. The Labute approximate surface area is 213 Å². The fourth-order valence-corrected chi connectivity index (χ4v) is 4.98. The third kappa shape index (κ3) is 5.16. The molecule has 2 aromatic carbocycles. The maximum absolute atomic E-state index is 13.0. The van der Waals surface area contributed by atoms with Gasteiger partial charge in [0.05, 0.1) is 18.2 Å². The number of para-hydroxylation sites is 2. The predicted molar refractivity (Wildman–Crippen MR) is 138 cm³/mol. The van der Waals surface area contributed by atoms with Gasteiger partial charge in [-0.3, -0.25) is 4.79 Å². The molecule has 36 heavy (non-hydrogen) atoms. The number of rotatable bonds is 10. The van der Waals surface area contributed by atoms with Crippen LogP contribution in [-0.4, -0.2) is 34.9 Å². The number of hydrogen-bond donors (Lipinski definition) is 0. The molecule has 5 rings (SSSR count). The first-order valence-electron chi connectivity index (χ1n) is 12.3. The lowest BCUT2D eigenvalue weighted by Crippen LogP contribution is -2.26. The van der Waals surface area contributed by atoms with Crippen molar-refractivity contribution in [3.05, 3.63) is 68.7 Å². The first kappa shape index (κ1) is 24.1. The first-order valence-corrected chi connectivity index (χ1v) is 13.1. The van der Waals surface area contributed by atoms with Crippen molar-refractivity contribution in [2.75, 3.05) is 20.3 Å². The van der Waals surface area contributed by atoms with E-state index in [1.54, 1.807) is 7.11 Å². The van der Waals surface area contributed by atoms with E-state index < -0.39 is 6.10 Å². The maximum atomic E-state index is 13.0. The zero-order valence-electron chi connectivity index (χ0n) is 20.4. The van der Waals surface area contributed by atoms with Gasteiger partial charge in [0.1, 0.15) is 6.61 Å². The third-order valence-corrected chi connectivity index (χ3v) is 6.94. The molecule has 188 valence electrons. The van der Waals surface area contributed by atoms with Crippen LogP contribution in [0.5, 0.6) is 23.0 Å². The Hall–Kier alpha value is -3.59. The number of nitrogens with zero attached hydrogens (tertiary/aromatic N) is 3. The van der Waals surface area contributed by atoms with Crippen molar-refractivity contribution < 1.29 is 18.9 Å². The van der Waals surface area contributed by atoms with Crippen LogP contribution in [0.2, 0.25) is 0 Å². The van der Waals surface area contributed by atoms with Crippen LogP contribution in [0.15, 0.2) is 47.3 Å². The highest BCUT2D eigenvalue weighted by Crippen LogP contribution is 2.35. The van der Waals surface area contributed by atoms with Gasteiger partial charge >= 0.3 is 0 Å². The van der Waals surface area contributed by atoms with Gasteiger partial charge in [-0.1, -0.05) is 62.1 Å². The van der Waals surface area contributed by atoms with E-state index >= 15 is 0 Å². The predicted octanol–water partition coefficient (Wildman–Crippen LogP) is 4.57. The van der Waals surface area contributed by atoms with Crippen LogP contribution in [0.4, 0.5) is 0 Å². The standard InChI is InChI=1S/C27H29N3O5S/c1-3-4-5-6-9-14-33-20-13-12-18(15-22(20)32-2)16-24-26(31)30-27(36-24)28-25(29-30)23-17-34-19-10-7-8-11-21(19)35-23/h7-8,10-13,15-16,23H,3-6,9,14,17H2,1-2H3/b24-16-/t23-/m0/s1. The van der Waals surface area contributed by atoms with Gasteiger partial charge in [0, 0.05) is 0 Å². The Morgan fingerprint density at radius 3 is 2.75 bits per heavy atom. The van der Waals surface area contributed by atoms with Crippen LogP contribution < -0.4 is 29.0 Å². The van der Waals surface area contributed by atoms with Crippen LogP contribution in [-0.2, 0) is 0 Å². The molecule has 0 bridgehead atoms. The molecule has 1 aliphatic rings. The number of aromatic nitrogens is 3. The molecule has 0 spiro atoms. The highest BCUT2D eigenvalue weighted by atomic mass is 32.1. The van der Waals surface area contributed by atoms with Gasteiger partial charge in [-0.15, -0.1) is 5.10 Å². The van der Waals surface area contributed by atoms with Crippen molar-refractivity contribution in [2.45, 2.75) is 45.1 Å². The van der Waals surface area contributed by atoms with Gasteiger partial charge in [0.25, 0.3) is 5.56 Å². The third-order valence-electron chi connectivity index (χ3n) is 5.99. The van der Waals surface area contributed by atoms with E-state index in [9.17, 15) is 4.79 Å². The molecular formula is C27H29N3O5S. The SMILES string of the molecule is CCCCCCCOc1ccc(/C=c2\sc3nc([C@@H]4COc5ccccc5O4)nn3c2=O)cc1OC. The number of fused-ring (bicyclic) bond motifs is 2. The van der Waals surface area contributed by atoms with Crippen LogP contribution in [0.25, 0.3) is 11.0 Å². The van der Waals surface area contributed by atoms with E-state index in [-0.39, 0.29) is 12.2 Å². The fraction of sp³-hybridized carbons (Fsp3) is 0.370. The highest BCUT2D eigenvalue weighted by molar-refractivity contribution is 7.15. The zero-order chi connectivity index (χ0) is 24.9. The molecular weight excluding hydrogens is 478 g/mol. The summed E-state index contributed by atoms with van der Waals surface area (Å²) in [5.74, 6) is 3.10. The summed E-state index contributed by atoms with van der Waals surface area (Å²) in [6.07, 6.45) is 7.25. The van der Waals surface area contributed by atoms with E-state index in [0.717, 1.165) is 18.4 Å². The van der Waals surface area contributed by atoms with Crippen LogP contribution in [0.3, 0.4) is 0 Å². The Morgan fingerprint density at radius 1 is 1.11 bits per heavy atom. The summed E-state index contributed by atoms with van der Waals surface area (Å²) in [6.45, 7) is 3.15. The summed E-state index contributed by atoms with van der Waals surface area (Å²) in [4.78, 5) is 18.1. The maximum Gasteiger partial charge on any atom is 0.291 e. The molecule has 2 aromatic heterocycles. The second kappa shape index (κ2) is 11.0. The molecule has 3 heterocycles. The molecule has 0 aliphatic carbocycles. The van der Waals surface area contributed by atoms with Crippen molar-refractivity contribution in [2.24, 2.45) is 0 Å². The van der Waals surface area contributed by atoms with Gasteiger partial charge in [-0.2, -0.15) is 9.50 Å². The van der Waals surface area contributed by atoms with Crippen LogP contribution in [0, 0.1) is 0 Å². The summed E-state index contributed by atoms with van der Waals surface area (Å²) in [5.41, 5.74) is 0.613. The van der Waals surface area contributed by atoms with E-state index in [1.807, 2.05) is 48.5 Å². The quantitative estimate of drug-likeness (QED) is 0.291. The van der Waals surface area contributed by atoms with E-state index in [2.05, 4.69) is 17.0 Å². The number of unbranched alkanes of at least 4 members (excludes halogenated alkanes) is 4. The Kier molecular flexibility index (Phi) is 7.36. The first-order chi connectivity index (χ1) is 17.7. The Bertz CT molecular complexity index is 1450. The number of benzene rings is 2. The molecule has 0 saturated heterocycles. The summed E-state index contributed by atoms with van der Waals surface area (Å²) >= 11 is 1.28. The van der Waals surface area contributed by atoms with Crippen molar-refractivity contribution in [1.29, 1.82) is 0 Å². The second-order valence-corrected chi connectivity index (χ2v) is 9.63. The second-order valence-electron chi connectivity index (χ2n) is 8.62. The van der Waals surface area contributed by atoms with Crippen molar-refractivity contribution in [3.8, 4) is 23.0 Å². The van der Waals surface area contributed by atoms with Crippen LogP contribution >= 0.6 is 11.3 Å². The van der Waals surface area contributed by atoms with Gasteiger partial charge in [0.15, 0.2) is 34.9 Å². The van der Waals surface area contributed by atoms with Gasteiger partial charge in [0.2, 0.25) is 4.96 Å².